The highest BCUT2D eigenvalue weighted by Crippen LogP contribution is 2.34. The van der Waals surface area contributed by atoms with Crippen LogP contribution in [0.4, 0.5) is 0 Å². The zero-order valence-corrected chi connectivity index (χ0v) is 43.9. The summed E-state index contributed by atoms with van der Waals surface area (Å²) < 4.78 is 3.47. The molecule has 20 nitrogen and oxygen atoms in total. The Morgan fingerprint density at radius 1 is 0.526 bits per heavy atom. The van der Waals surface area contributed by atoms with Crippen LogP contribution in [0.5, 0.6) is 0 Å². The zero-order valence-electron chi connectivity index (χ0n) is 43.9. The third-order valence-corrected chi connectivity index (χ3v) is 15.8. The fraction of sp³-hybridized carbons (Fsp3) is 0.500. The molecular weight excluding hydrogens is 965 g/mol. The van der Waals surface area contributed by atoms with Crippen molar-refractivity contribution >= 4 is 35.4 Å². The van der Waals surface area contributed by atoms with Crippen LogP contribution >= 0.6 is 0 Å². The first-order chi connectivity index (χ1) is 36.9. The number of amides is 6. The predicted octanol–water partition coefficient (Wildman–Crippen LogP) is 3.43. The summed E-state index contributed by atoms with van der Waals surface area (Å²) in [6.07, 6.45) is 12.3. The molecule has 3 aromatic carbocycles. The average molecular weight is 1040 g/mol. The van der Waals surface area contributed by atoms with Crippen molar-refractivity contribution < 1.29 is 28.8 Å². The van der Waals surface area contributed by atoms with Gasteiger partial charge in [0.2, 0.25) is 35.4 Å². The van der Waals surface area contributed by atoms with Gasteiger partial charge in [0.25, 0.3) is 0 Å². The van der Waals surface area contributed by atoms with Gasteiger partial charge in [-0.2, -0.15) is 0 Å². The van der Waals surface area contributed by atoms with E-state index in [4.69, 9.17) is 0 Å². The van der Waals surface area contributed by atoms with Crippen LogP contribution in [-0.4, -0.2) is 138 Å². The number of hydrogen-bond acceptors (Lipinski definition) is 12. The number of hydrogen-bond donors (Lipinski definition) is 6. The van der Waals surface area contributed by atoms with E-state index in [0.29, 0.717) is 63.0 Å². The number of nitrogens with zero attached hydrogens (tertiary/aromatic N) is 8. The number of fused-ring (bicyclic) bond motifs is 2. The molecule has 0 radical (unpaired) electrons. The maximum Gasteiger partial charge on any atom is 0.246 e. The summed E-state index contributed by atoms with van der Waals surface area (Å²) in [5.74, 6) is -1.47. The van der Waals surface area contributed by atoms with Crippen LogP contribution in [0.25, 0.3) is 0 Å². The first-order valence-corrected chi connectivity index (χ1v) is 27.1. The first kappa shape index (κ1) is 53.5. The molecule has 4 aliphatic heterocycles. The van der Waals surface area contributed by atoms with Crippen LogP contribution in [0.2, 0.25) is 0 Å². The molecule has 0 bridgehead atoms. The molecule has 4 saturated heterocycles. The molecule has 0 saturated carbocycles. The van der Waals surface area contributed by atoms with Crippen LogP contribution in [0, 0.1) is 0 Å². The van der Waals surface area contributed by atoms with Crippen LogP contribution in [-0.2, 0) is 41.9 Å². The molecule has 402 valence electrons. The molecule has 6 N–H and O–H groups in total. The third kappa shape index (κ3) is 12.3. The monoisotopic (exact) mass is 1040 g/mol. The van der Waals surface area contributed by atoms with Crippen molar-refractivity contribution in [3.05, 3.63) is 131 Å². The molecule has 9 rings (SSSR count). The van der Waals surface area contributed by atoms with Gasteiger partial charge in [-0.1, -0.05) is 121 Å². The molecule has 0 aliphatic carbocycles. The average Bonchev–Trinajstić information content (AvgIpc) is 4.28. The lowest BCUT2D eigenvalue weighted by Gasteiger charge is -2.36. The minimum Gasteiger partial charge on any atom is -0.343 e. The molecule has 6 heterocycles. The summed E-state index contributed by atoms with van der Waals surface area (Å²) in [5.41, 5.74) is 4.69. The summed E-state index contributed by atoms with van der Waals surface area (Å²) in [5, 5.41) is 36.3. The van der Waals surface area contributed by atoms with Crippen molar-refractivity contribution in [2.45, 2.75) is 164 Å². The van der Waals surface area contributed by atoms with Gasteiger partial charge in [-0.3, -0.25) is 28.8 Å². The number of nitrogens with one attached hydrogen (secondary N) is 6. The Morgan fingerprint density at radius 2 is 0.908 bits per heavy atom. The van der Waals surface area contributed by atoms with Crippen LogP contribution in [0.1, 0.15) is 137 Å². The van der Waals surface area contributed by atoms with Gasteiger partial charge in [0.15, 0.2) is 0 Å². The van der Waals surface area contributed by atoms with Crippen molar-refractivity contribution in [2.24, 2.45) is 0 Å². The number of rotatable bonds is 18. The standard InChI is InChI=1S/C56H72N14O6/c1-35(57-3)51(71)59-43-21-13-11-19-41-27-29-47(69(41)55(43)75)53(73)61-49(39-15-7-5-8-16-39)45-33-67(65-63-45)31-37-23-25-38(26-24-37)32-68-34-46(64-66-68)50(40-17-9-6-10-18-40)62-54(74)48-30-28-42-20-12-14-22-44(56(76)70(42)48)60-52(72)36(2)58-4/h5-10,15-18,23-26,33-36,41-44,47-50,57-58H,11-14,19-22,27-32H2,1-4H3,(H,59,71)(H,60,72)(H,61,73)(H,62,74)/t35-,36-,41?,42?,43-,44-,47-,48-,49-,50-/m0/s1. The summed E-state index contributed by atoms with van der Waals surface area (Å²) >= 11 is 0. The zero-order chi connectivity index (χ0) is 53.3. The van der Waals surface area contributed by atoms with E-state index in [1.807, 2.05) is 97.3 Å². The lowest BCUT2D eigenvalue weighted by atomic mass is 9.98. The van der Waals surface area contributed by atoms with Crippen LogP contribution in [0.3, 0.4) is 0 Å². The second kappa shape index (κ2) is 24.6. The Labute approximate surface area is 443 Å². The summed E-state index contributed by atoms with van der Waals surface area (Å²) in [4.78, 5) is 86.2. The SMILES string of the molecule is CN[C@@H](C)C(=O)N[C@H]1CCCCC2CC[C@@H](C(=O)N[C@@H](c3ccccc3)c3cn(Cc4ccc(Cn5cc([C@@H](NC(=O)[C@@H]6CCC7CCCC[C@H](NC(=O)[C@H](C)NC)C(=O)N76)c6ccccc6)nn5)cc4)nn3)N2C1=O. The smallest absolute Gasteiger partial charge is 0.246 e. The van der Waals surface area contributed by atoms with Crippen LogP contribution in [0.15, 0.2) is 97.3 Å². The topological polar surface area (TPSA) is 242 Å². The molecule has 0 spiro atoms. The molecule has 20 heteroatoms. The van der Waals surface area contributed by atoms with E-state index in [9.17, 15) is 28.8 Å². The largest absolute Gasteiger partial charge is 0.343 e. The maximum atomic E-state index is 14.4. The first-order valence-electron chi connectivity index (χ1n) is 27.1. The molecule has 10 atom stereocenters. The highest BCUT2D eigenvalue weighted by atomic mass is 16.2. The second-order valence-corrected chi connectivity index (χ2v) is 20.9. The Hall–Kier alpha value is -7.32. The van der Waals surface area contributed by atoms with Crippen molar-refractivity contribution in [2.75, 3.05) is 14.1 Å². The Morgan fingerprint density at radius 3 is 1.29 bits per heavy atom. The van der Waals surface area contributed by atoms with Crippen molar-refractivity contribution in [1.82, 2.24) is 71.7 Å². The fourth-order valence-corrected chi connectivity index (χ4v) is 11.3. The summed E-state index contributed by atoms with van der Waals surface area (Å²) in [6, 6.07) is 22.1. The number of aromatic nitrogens is 6. The van der Waals surface area contributed by atoms with Gasteiger partial charge in [-0.05, 0) is 102 Å². The molecule has 2 aromatic heterocycles. The van der Waals surface area contributed by atoms with E-state index < -0.39 is 48.3 Å². The highest BCUT2D eigenvalue weighted by Gasteiger charge is 2.46. The van der Waals surface area contributed by atoms with Crippen molar-refractivity contribution in [3.8, 4) is 0 Å². The van der Waals surface area contributed by atoms with Crippen molar-refractivity contribution in [3.63, 3.8) is 0 Å². The van der Waals surface area contributed by atoms with Gasteiger partial charge in [-0.15, -0.1) is 10.2 Å². The maximum absolute atomic E-state index is 14.4. The van der Waals surface area contributed by atoms with Gasteiger partial charge < -0.3 is 41.7 Å². The second-order valence-electron chi connectivity index (χ2n) is 20.9. The van der Waals surface area contributed by atoms with Gasteiger partial charge in [0.05, 0.1) is 49.7 Å². The number of carbonyl (C=O) groups is 6. The van der Waals surface area contributed by atoms with Crippen molar-refractivity contribution in [1.29, 1.82) is 0 Å². The Balaban J connectivity index is 0.850. The Kier molecular flexibility index (Phi) is 17.3. The van der Waals surface area contributed by atoms with E-state index in [-0.39, 0.29) is 47.5 Å². The van der Waals surface area contributed by atoms with Crippen LogP contribution < -0.4 is 31.9 Å². The van der Waals surface area contributed by atoms with E-state index in [0.717, 1.165) is 60.8 Å². The molecule has 4 fully saturated rings. The quantitative estimate of drug-likeness (QED) is 0.0740. The summed E-state index contributed by atoms with van der Waals surface area (Å²) in [6.45, 7) is 4.33. The molecule has 5 aromatic rings. The number of benzene rings is 3. The third-order valence-electron chi connectivity index (χ3n) is 15.8. The molecule has 76 heavy (non-hydrogen) atoms. The minimum atomic E-state index is -0.700. The fourth-order valence-electron chi connectivity index (χ4n) is 11.3. The molecule has 6 amide bonds. The van der Waals surface area contributed by atoms with E-state index >= 15 is 0 Å². The lowest BCUT2D eigenvalue weighted by Crippen LogP contribution is -2.58. The van der Waals surface area contributed by atoms with Gasteiger partial charge in [0.1, 0.15) is 35.6 Å². The number of likely N-dealkylation sites (N-methyl/N-ethyl adjacent to an activating group) is 2. The Bertz CT molecular complexity index is 2620. The van der Waals surface area contributed by atoms with E-state index in [1.54, 1.807) is 47.1 Å². The van der Waals surface area contributed by atoms with Gasteiger partial charge in [-0.25, -0.2) is 9.36 Å². The molecule has 4 aliphatic rings. The molecule has 2 unspecified atom stereocenters. The minimum absolute atomic E-state index is 0.0764. The summed E-state index contributed by atoms with van der Waals surface area (Å²) in [7, 11) is 3.41. The molecular formula is C56H72N14O6. The van der Waals surface area contributed by atoms with Gasteiger partial charge >= 0.3 is 0 Å². The normalized spacial score (nSPS) is 23.4. The van der Waals surface area contributed by atoms with E-state index in [1.165, 1.54) is 0 Å². The highest BCUT2D eigenvalue weighted by molar-refractivity contribution is 5.95. The predicted molar refractivity (Wildman–Crippen MR) is 283 cm³/mol. The number of carbonyl (C=O) groups excluding carboxylic acids is 6. The van der Waals surface area contributed by atoms with Gasteiger partial charge in [0, 0.05) is 12.1 Å². The van der Waals surface area contributed by atoms with E-state index in [2.05, 4.69) is 52.5 Å². The lowest BCUT2D eigenvalue weighted by molar-refractivity contribution is -0.144.